The van der Waals surface area contributed by atoms with Gasteiger partial charge in [-0.1, -0.05) is 18.2 Å². The van der Waals surface area contributed by atoms with E-state index < -0.39 is 17.6 Å². The van der Waals surface area contributed by atoms with E-state index in [-0.39, 0.29) is 12.0 Å². The fourth-order valence-corrected chi connectivity index (χ4v) is 3.34. The van der Waals surface area contributed by atoms with E-state index in [1.165, 1.54) is 18.5 Å². The summed E-state index contributed by atoms with van der Waals surface area (Å²) in [6, 6.07) is 14.8. The van der Waals surface area contributed by atoms with Crippen molar-refractivity contribution in [3.8, 4) is 17.4 Å². The van der Waals surface area contributed by atoms with Crippen molar-refractivity contribution in [3.05, 3.63) is 89.5 Å². The zero-order chi connectivity index (χ0) is 24.3. The van der Waals surface area contributed by atoms with Gasteiger partial charge in [0.05, 0.1) is 17.7 Å². The Morgan fingerprint density at radius 1 is 1.03 bits per heavy atom. The molecule has 34 heavy (non-hydrogen) atoms. The number of aromatic nitrogens is 4. The Morgan fingerprint density at radius 2 is 1.79 bits per heavy atom. The second-order valence-corrected chi connectivity index (χ2v) is 7.60. The topological polar surface area (TPSA) is 81.9 Å². The lowest BCUT2D eigenvalue weighted by Gasteiger charge is -2.10. The normalized spacial score (nSPS) is 11.3. The number of rotatable bonds is 6. The largest absolute Gasteiger partial charge is 0.439 e. The number of carbonyl (C=O) groups excluding carboxylic acids is 1. The first kappa shape index (κ1) is 23.0. The standard InChI is InChI=1S/C24H20F3N5O2/c1-15-10-16(2)32(31-15)21-13-23(29-14-28-21)34-20-8-6-19(7-9-20)30-22(33)12-17-4-3-5-18(11-17)24(25,26)27/h3-11,13-14H,12H2,1-2H3,(H,30,33). The number of hydrogen-bond acceptors (Lipinski definition) is 5. The number of aryl methyl sites for hydroxylation is 2. The molecule has 2 aromatic heterocycles. The summed E-state index contributed by atoms with van der Waals surface area (Å²) in [7, 11) is 0. The third-order valence-electron chi connectivity index (χ3n) is 4.83. The molecule has 0 saturated carbocycles. The van der Waals surface area contributed by atoms with Gasteiger partial charge in [-0.25, -0.2) is 14.6 Å². The molecule has 4 rings (SSSR count). The fraction of sp³-hybridized carbons (Fsp3) is 0.167. The molecule has 1 N–H and O–H groups in total. The second-order valence-electron chi connectivity index (χ2n) is 7.60. The van der Waals surface area contributed by atoms with Gasteiger partial charge in [0.25, 0.3) is 0 Å². The van der Waals surface area contributed by atoms with Gasteiger partial charge in [-0.05, 0) is 55.8 Å². The Kier molecular flexibility index (Phi) is 6.31. The summed E-state index contributed by atoms with van der Waals surface area (Å²) in [5.41, 5.74) is 1.76. The Hall–Kier alpha value is -4.21. The number of halogens is 3. The molecule has 0 fully saturated rings. The van der Waals surface area contributed by atoms with E-state index in [0.717, 1.165) is 23.5 Å². The van der Waals surface area contributed by atoms with Crippen molar-refractivity contribution in [3.63, 3.8) is 0 Å². The van der Waals surface area contributed by atoms with Crippen LogP contribution in [0.15, 0.2) is 67.0 Å². The number of nitrogens with one attached hydrogen (secondary N) is 1. The summed E-state index contributed by atoms with van der Waals surface area (Å²) in [6.45, 7) is 3.81. The van der Waals surface area contributed by atoms with Crippen LogP contribution in [0.5, 0.6) is 11.6 Å². The maximum absolute atomic E-state index is 12.8. The molecule has 2 aromatic carbocycles. The molecular formula is C24H20F3N5O2. The lowest BCUT2D eigenvalue weighted by atomic mass is 10.1. The summed E-state index contributed by atoms with van der Waals surface area (Å²) in [4.78, 5) is 20.6. The number of carbonyl (C=O) groups is 1. The minimum absolute atomic E-state index is 0.182. The van der Waals surface area contributed by atoms with Gasteiger partial charge in [-0.2, -0.15) is 18.3 Å². The lowest BCUT2D eigenvalue weighted by Crippen LogP contribution is -2.15. The predicted octanol–water partition coefficient (Wildman–Crippen LogP) is 5.27. The molecule has 0 saturated heterocycles. The zero-order valence-corrected chi connectivity index (χ0v) is 18.3. The van der Waals surface area contributed by atoms with Gasteiger partial charge in [0.1, 0.15) is 12.1 Å². The summed E-state index contributed by atoms with van der Waals surface area (Å²) >= 11 is 0. The lowest BCUT2D eigenvalue weighted by molar-refractivity contribution is -0.137. The molecule has 10 heteroatoms. The predicted molar refractivity (Wildman–Crippen MR) is 119 cm³/mol. The average molecular weight is 467 g/mol. The highest BCUT2D eigenvalue weighted by molar-refractivity contribution is 5.92. The summed E-state index contributed by atoms with van der Waals surface area (Å²) in [6.07, 6.45) is -3.26. The highest BCUT2D eigenvalue weighted by Gasteiger charge is 2.30. The van der Waals surface area contributed by atoms with Crippen LogP contribution in [0.2, 0.25) is 0 Å². The molecule has 0 bridgehead atoms. The van der Waals surface area contributed by atoms with Gasteiger partial charge in [0.15, 0.2) is 5.82 Å². The van der Waals surface area contributed by atoms with Crippen LogP contribution >= 0.6 is 0 Å². The van der Waals surface area contributed by atoms with E-state index >= 15 is 0 Å². The van der Waals surface area contributed by atoms with Crippen LogP contribution < -0.4 is 10.1 Å². The van der Waals surface area contributed by atoms with Crippen molar-refractivity contribution in [2.24, 2.45) is 0 Å². The first-order valence-corrected chi connectivity index (χ1v) is 10.3. The van der Waals surface area contributed by atoms with Crippen molar-refractivity contribution in [1.82, 2.24) is 19.7 Å². The van der Waals surface area contributed by atoms with Crippen LogP contribution in [0.3, 0.4) is 0 Å². The number of anilines is 1. The number of alkyl halides is 3. The Bertz CT molecular complexity index is 1320. The highest BCUT2D eigenvalue weighted by atomic mass is 19.4. The number of amides is 1. The van der Waals surface area contributed by atoms with Crippen LogP contribution in [0, 0.1) is 13.8 Å². The molecule has 4 aromatic rings. The Labute approximate surface area is 193 Å². The summed E-state index contributed by atoms with van der Waals surface area (Å²) in [5, 5.41) is 7.06. The van der Waals surface area contributed by atoms with Crippen molar-refractivity contribution < 1.29 is 22.7 Å². The molecule has 174 valence electrons. The van der Waals surface area contributed by atoms with Gasteiger partial charge in [0.2, 0.25) is 11.8 Å². The number of benzene rings is 2. The second kappa shape index (κ2) is 9.34. The molecule has 0 aliphatic carbocycles. The van der Waals surface area contributed by atoms with Gasteiger partial charge >= 0.3 is 6.18 Å². The van der Waals surface area contributed by atoms with Crippen LogP contribution in [0.4, 0.5) is 18.9 Å². The SMILES string of the molecule is Cc1cc(C)n(-c2cc(Oc3ccc(NC(=O)Cc4cccc(C(F)(F)F)c4)cc3)ncn2)n1. The average Bonchev–Trinajstić information content (AvgIpc) is 3.13. The molecule has 2 heterocycles. The number of nitrogens with zero attached hydrogens (tertiary/aromatic N) is 4. The quantitative estimate of drug-likeness (QED) is 0.418. The smallest absolute Gasteiger partial charge is 0.416 e. The molecule has 0 aliphatic heterocycles. The van der Waals surface area contributed by atoms with Crippen molar-refractivity contribution >= 4 is 11.6 Å². The highest BCUT2D eigenvalue weighted by Crippen LogP contribution is 2.29. The number of ether oxygens (including phenoxy) is 1. The van der Waals surface area contributed by atoms with Gasteiger partial charge in [-0.15, -0.1) is 0 Å². The van der Waals surface area contributed by atoms with Gasteiger partial charge < -0.3 is 10.1 Å². The molecule has 0 aliphatic rings. The van der Waals surface area contributed by atoms with E-state index in [1.807, 2.05) is 19.9 Å². The zero-order valence-electron chi connectivity index (χ0n) is 18.3. The van der Waals surface area contributed by atoms with E-state index in [2.05, 4.69) is 20.4 Å². The molecule has 0 spiro atoms. The maximum Gasteiger partial charge on any atom is 0.416 e. The first-order valence-electron chi connectivity index (χ1n) is 10.3. The van der Waals surface area contributed by atoms with Crippen LogP contribution in [0.1, 0.15) is 22.5 Å². The van der Waals surface area contributed by atoms with Crippen LogP contribution in [0.25, 0.3) is 5.82 Å². The molecule has 0 atom stereocenters. The first-order chi connectivity index (χ1) is 16.2. The van der Waals surface area contributed by atoms with Crippen molar-refractivity contribution in [2.45, 2.75) is 26.4 Å². The van der Waals surface area contributed by atoms with Gasteiger partial charge in [-0.3, -0.25) is 4.79 Å². The van der Waals surface area contributed by atoms with Crippen molar-refractivity contribution in [1.29, 1.82) is 0 Å². The fourth-order valence-electron chi connectivity index (χ4n) is 3.34. The molecule has 7 nitrogen and oxygen atoms in total. The van der Waals surface area contributed by atoms with Crippen LogP contribution in [-0.2, 0) is 17.4 Å². The monoisotopic (exact) mass is 467 g/mol. The van der Waals surface area contributed by atoms with Gasteiger partial charge in [0, 0.05) is 17.4 Å². The minimum atomic E-state index is -4.46. The molecule has 1 amide bonds. The third kappa shape index (κ3) is 5.58. The number of hydrogen-bond donors (Lipinski definition) is 1. The van der Waals surface area contributed by atoms with E-state index in [9.17, 15) is 18.0 Å². The Balaban J connectivity index is 1.39. The summed E-state index contributed by atoms with van der Waals surface area (Å²) < 4.78 is 46.0. The Morgan fingerprint density at radius 3 is 2.47 bits per heavy atom. The van der Waals surface area contributed by atoms with Crippen molar-refractivity contribution in [2.75, 3.05) is 5.32 Å². The van der Waals surface area contributed by atoms with Crippen LogP contribution in [-0.4, -0.2) is 25.7 Å². The van der Waals surface area contributed by atoms with E-state index in [0.29, 0.717) is 23.1 Å². The third-order valence-corrected chi connectivity index (χ3v) is 4.83. The molecular weight excluding hydrogens is 447 g/mol. The minimum Gasteiger partial charge on any atom is -0.439 e. The molecule has 0 unspecified atom stereocenters. The molecule has 0 radical (unpaired) electrons. The summed E-state index contributed by atoms with van der Waals surface area (Å²) in [5.74, 6) is 0.931. The van der Waals surface area contributed by atoms with E-state index in [1.54, 1.807) is 35.0 Å². The maximum atomic E-state index is 12.8. The van der Waals surface area contributed by atoms with E-state index in [4.69, 9.17) is 4.74 Å².